The van der Waals surface area contributed by atoms with Crippen molar-refractivity contribution < 1.29 is 9.53 Å². The zero-order valence-corrected chi connectivity index (χ0v) is 16.1. The summed E-state index contributed by atoms with van der Waals surface area (Å²) >= 11 is 6.16. The molecule has 0 radical (unpaired) electrons. The number of ether oxygens (including phenoxy) is 1. The van der Waals surface area contributed by atoms with E-state index in [1.807, 2.05) is 18.2 Å². The number of rotatable bonds is 4. The van der Waals surface area contributed by atoms with Crippen LogP contribution in [0.2, 0.25) is 5.02 Å². The Morgan fingerprint density at radius 1 is 1.26 bits per heavy atom. The Hall–Kier alpha value is -1.89. The van der Waals surface area contributed by atoms with Gasteiger partial charge in [0.05, 0.1) is 24.8 Å². The van der Waals surface area contributed by atoms with E-state index in [4.69, 9.17) is 21.3 Å². The molecular weight excluding hydrogens is 364 g/mol. The highest BCUT2D eigenvalue weighted by molar-refractivity contribution is 6.31. The van der Waals surface area contributed by atoms with Crippen LogP contribution in [0, 0.1) is 0 Å². The number of hydrogen-bond donors (Lipinski definition) is 2. The van der Waals surface area contributed by atoms with Crippen molar-refractivity contribution in [2.24, 2.45) is 0 Å². The number of anilines is 1. The Labute approximate surface area is 164 Å². The number of halogens is 1. The van der Waals surface area contributed by atoms with Gasteiger partial charge in [-0.15, -0.1) is 0 Å². The molecule has 2 N–H and O–H groups in total. The van der Waals surface area contributed by atoms with Crippen LogP contribution in [0.5, 0.6) is 0 Å². The van der Waals surface area contributed by atoms with Gasteiger partial charge in [0.2, 0.25) is 5.91 Å². The number of aromatic nitrogens is 1. The molecular formula is C20H25ClN4O2. The maximum absolute atomic E-state index is 12.2. The van der Waals surface area contributed by atoms with Gasteiger partial charge in [-0.25, -0.2) is 4.98 Å². The number of benzene rings is 1. The molecule has 0 unspecified atom stereocenters. The third kappa shape index (κ3) is 4.34. The van der Waals surface area contributed by atoms with Gasteiger partial charge < -0.3 is 20.3 Å². The molecule has 27 heavy (non-hydrogen) atoms. The minimum atomic E-state index is -0.147. The first-order valence-corrected chi connectivity index (χ1v) is 10.0. The van der Waals surface area contributed by atoms with E-state index in [2.05, 4.69) is 21.6 Å². The van der Waals surface area contributed by atoms with Crippen molar-refractivity contribution in [3.8, 4) is 0 Å². The summed E-state index contributed by atoms with van der Waals surface area (Å²) in [6, 6.07) is 7.79. The van der Waals surface area contributed by atoms with E-state index in [-0.39, 0.29) is 11.9 Å². The van der Waals surface area contributed by atoms with Gasteiger partial charge in [-0.2, -0.15) is 0 Å². The van der Waals surface area contributed by atoms with Gasteiger partial charge in [-0.1, -0.05) is 17.7 Å². The lowest BCUT2D eigenvalue weighted by Crippen LogP contribution is -2.43. The fourth-order valence-corrected chi connectivity index (χ4v) is 3.89. The van der Waals surface area contributed by atoms with Crippen LogP contribution >= 0.6 is 11.6 Å². The van der Waals surface area contributed by atoms with Crippen molar-refractivity contribution in [1.82, 2.24) is 15.6 Å². The van der Waals surface area contributed by atoms with Crippen molar-refractivity contribution in [2.45, 2.75) is 31.8 Å². The lowest BCUT2D eigenvalue weighted by molar-refractivity contribution is -0.122. The third-order valence-electron chi connectivity index (χ3n) is 5.22. The lowest BCUT2D eigenvalue weighted by Gasteiger charge is -2.30. The second-order valence-electron chi connectivity index (χ2n) is 7.13. The summed E-state index contributed by atoms with van der Waals surface area (Å²) in [6.45, 7) is 4.41. The number of amides is 1. The Morgan fingerprint density at radius 3 is 2.96 bits per heavy atom. The largest absolute Gasteiger partial charge is 0.378 e. The fourth-order valence-electron chi connectivity index (χ4n) is 3.72. The highest BCUT2D eigenvalue weighted by Crippen LogP contribution is 2.26. The standard InChI is InChI=1S/C20H25ClN4O2/c21-16-5-4-14-11-15(13-23-17-3-1-2-6-22-20(17)26)19(24-18(14)12-16)25-7-9-27-10-8-25/h4-5,11-12,17,23H,1-3,6-10,13H2,(H,22,26)/t17-/m0/s1. The summed E-state index contributed by atoms with van der Waals surface area (Å²) in [7, 11) is 0. The molecule has 2 fully saturated rings. The van der Waals surface area contributed by atoms with Crippen LogP contribution in [0.1, 0.15) is 24.8 Å². The lowest BCUT2D eigenvalue weighted by atomic mass is 10.1. The quantitative estimate of drug-likeness (QED) is 0.842. The molecule has 7 heteroatoms. The molecule has 2 aromatic rings. The van der Waals surface area contributed by atoms with Crippen molar-refractivity contribution in [2.75, 3.05) is 37.7 Å². The maximum atomic E-state index is 12.2. The van der Waals surface area contributed by atoms with E-state index in [0.29, 0.717) is 24.8 Å². The molecule has 1 aromatic carbocycles. The van der Waals surface area contributed by atoms with Gasteiger partial charge in [0.15, 0.2) is 0 Å². The summed E-state index contributed by atoms with van der Waals surface area (Å²) in [5.41, 5.74) is 1.99. The van der Waals surface area contributed by atoms with Gasteiger partial charge in [0, 0.05) is 42.2 Å². The number of hydrogen-bond acceptors (Lipinski definition) is 5. The first-order valence-electron chi connectivity index (χ1n) is 9.64. The topological polar surface area (TPSA) is 66.5 Å². The summed E-state index contributed by atoms with van der Waals surface area (Å²) in [6.07, 6.45) is 2.97. The van der Waals surface area contributed by atoms with Gasteiger partial charge in [0.25, 0.3) is 0 Å². The Bertz CT molecular complexity index is 823. The van der Waals surface area contributed by atoms with Gasteiger partial charge >= 0.3 is 0 Å². The highest BCUT2D eigenvalue weighted by atomic mass is 35.5. The number of pyridine rings is 1. The molecule has 0 bridgehead atoms. The van der Waals surface area contributed by atoms with Crippen LogP contribution < -0.4 is 15.5 Å². The van der Waals surface area contributed by atoms with E-state index in [9.17, 15) is 4.79 Å². The molecule has 1 atom stereocenters. The number of nitrogens with one attached hydrogen (secondary N) is 2. The number of nitrogens with zero attached hydrogens (tertiary/aromatic N) is 2. The van der Waals surface area contributed by atoms with Crippen LogP contribution in [-0.2, 0) is 16.1 Å². The van der Waals surface area contributed by atoms with E-state index in [1.54, 1.807) is 0 Å². The van der Waals surface area contributed by atoms with Crippen molar-refractivity contribution in [1.29, 1.82) is 0 Å². The molecule has 2 aliphatic rings. The Balaban J connectivity index is 1.62. The highest BCUT2D eigenvalue weighted by Gasteiger charge is 2.22. The second-order valence-corrected chi connectivity index (χ2v) is 7.56. The summed E-state index contributed by atoms with van der Waals surface area (Å²) in [5.74, 6) is 1.05. The van der Waals surface area contributed by atoms with Gasteiger partial charge in [-0.3, -0.25) is 4.79 Å². The normalized spacial score (nSPS) is 21.1. The predicted octanol–water partition coefficient (Wildman–Crippen LogP) is 2.48. The number of fused-ring (bicyclic) bond motifs is 1. The first kappa shape index (κ1) is 18.5. The average Bonchev–Trinajstić information content (AvgIpc) is 2.90. The van der Waals surface area contributed by atoms with Crippen molar-refractivity contribution >= 4 is 34.2 Å². The van der Waals surface area contributed by atoms with E-state index in [0.717, 1.165) is 61.2 Å². The van der Waals surface area contributed by atoms with Crippen LogP contribution in [0.15, 0.2) is 24.3 Å². The van der Waals surface area contributed by atoms with Crippen molar-refractivity contribution in [3.05, 3.63) is 34.9 Å². The second kappa shape index (κ2) is 8.42. The number of carbonyl (C=O) groups is 1. The number of morpholine rings is 1. The fraction of sp³-hybridized carbons (Fsp3) is 0.500. The molecule has 3 heterocycles. The molecule has 2 saturated heterocycles. The summed E-state index contributed by atoms with van der Waals surface area (Å²) < 4.78 is 5.49. The Kier molecular flexibility index (Phi) is 5.76. The molecule has 144 valence electrons. The van der Waals surface area contributed by atoms with Crippen LogP contribution in [0.3, 0.4) is 0 Å². The Morgan fingerprint density at radius 2 is 2.11 bits per heavy atom. The first-order chi connectivity index (χ1) is 13.2. The average molecular weight is 389 g/mol. The number of carbonyl (C=O) groups excluding carboxylic acids is 1. The zero-order chi connectivity index (χ0) is 18.6. The molecule has 4 rings (SSSR count). The molecule has 0 saturated carbocycles. The SMILES string of the molecule is O=C1NCCCC[C@@H]1NCc1cc2ccc(Cl)cc2nc1N1CCOCC1. The predicted molar refractivity (Wildman–Crippen MR) is 107 cm³/mol. The molecule has 0 aliphatic carbocycles. The van der Waals surface area contributed by atoms with Crippen LogP contribution in [0.4, 0.5) is 5.82 Å². The molecule has 2 aliphatic heterocycles. The summed E-state index contributed by atoms with van der Waals surface area (Å²) in [4.78, 5) is 19.4. The monoisotopic (exact) mass is 388 g/mol. The molecule has 6 nitrogen and oxygen atoms in total. The smallest absolute Gasteiger partial charge is 0.237 e. The van der Waals surface area contributed by atoms with Crippen molar-refractivity contribution in [3.63, 3.8) is 0 Å². The van der Waals surface area contributed by atoms with Crippen LogP contribution in [-0.4, -0.2) is 49.8 Å². The molecule has 1 aromatic heterocycles. The van der Waals surface area contributed by atoms with Gasteiger partial charge in [-0.05, 0) is 37.5 Å². The van der Waals surface area contributed by atoms with E-state index < -0.39 is 0 Å². The van der Waals surface area contributed by atoms with E-state index in [1.165, 1.54) is 0 Å². The van der Waals surface area contributed by atoms with E-state index >= 15 is 0 Å². The minimum absolute atomic E-state index is 0.0981. The zero-order valence-electron chi connectivity index (χ0n) is 15.3. The summed E-state index contributed by atoms with van der Waals surface area (Å²) in [5, 5.41) is 8.17. The molecule has 1 amide bonds. The minimum Gasteiger partial charge on any atom is -0.378 e. The van der Waals surface area contributed by atoms with Crippen LogP contribution in [0.25, 0.3) is 10.9 Å². The third-order valence-corrected chi connectivity index (χ3v) is 5.46. The van der Waals surface area contributed by atoms with Gasteiger partial charge in [0.1, 0.15) is 5.82 Å². The molecule has 0 spiro atoms. The maximum Gasteiger partial charge on any atom is 0.237 e.